The van der Waals surface area contributed by atoms with Gasteiger partial charge in [0.2, 0.25) is 5.91 Å². The Morgan fingerprint density at radius 1 is 0.903 bits per heavy atom. The highest BCUT2D eigenvalue weighted by atomic mass is 16.2. The first-order chi connectivity index (χ1) is 15.3. The van der Waals surface area contributed by atoms with Crippen LogP contribution in [0.3, 0.4) is 0 Å². The monoisotopic (exact) mass is 411 g/mol. The zero-order valence-electron chi connectivity index (χ0n) is 16.7. The van der Waals surface area contributed by atoms with Gasteiger partial charge < -0.3 is 10.2 Å². The Labute approximate surface area is 179 Å². The fraction of sp³-hybridized carbons (Fsp3) is 0.174. The number of nitrogens with one attached hydrogen (secondary N) is 1. The summed E-state index contributed by atoms with van der Waals surface area (Å²) in [6.07, 6.45) is 4.55. The third-order valence-electron chi connectivity index (χ3n) is 5.42. The minimum Gasteiger partial charge on any atom is -0.355 e. The molecule has 1 aliphatic heterocycles. The largest absolute Gasteiger partial charge is 0.355 e. The Kier molecular flexibility index (Phi) is 5.10. The van der Waals surface area contributed by atoms with Crippen LogP contribution in [0.4, 0.5) is 5.82 Å². The summed E-state index contributed by atoms with van der Waals surface area (Å²) in [6, 6.07) is 21.7. The number of amides is 1. The van der Waals surface area contributed by atoms with E-state index in [1.807, 2.05) is 66.7 Å². The molecule has 0 radical (unpaired) electrons. The van der Waals surface area contributed by atoms with Gasteiger partial charge in [-0.1, -0.05) is 60.7 Å². The number of hydrogen-bond acceptors (Lipinski definition) is 6. The molecule has 0 saturated carbocycles. The van der Waals surface area contributed by atoms with E-state index >= 15 is 0 Å². The molecule has 1 aliphatic rings. The molecule has 1 saturated heterocycles. The molecule has 1 fully saturated rings. The van der Waals surface area contributed by atoms with Crippen molar-refractivity contribution in [1.29, 1.82) is 0 Å². The maximum atomic E-state index is 13.0. The summed E-state index contributed by atoms with van der Waals surface area (Å²) >= 11 is 0. The topological polar surface area (TPSA) is 88.8 Å². The second kappa shape index (κ2) is 8.35. The highest BCUT2D eigenvalue weighted by molar-refractivity contribution is 5.82. The fourth-order valence-corrected chi connectivity index (χ4v) is 3.70. The van der Waals surface area contributed by atoms with Gasteiger partial charge in [-0.05, 0) is 11.1 Å². The Morgan fingerprint density at radius 2 is 1.55 bits per heavy atom. The van der Waals surface area contributed by atoms with Crippen LogP contribution in [0, 0.1) is 5.92 Å². The van der Waals surface area contributed by atoms with E-state index in [1.165, 1.54) is 12.7 Å². The van der Waals surface area contributed by atoms with Gasteiger partial charge in [0.1, 0.15) is 24.8 Å². The summed E-state index contributed by atoms with van der Waals surface area (Å²) in [5, 5.41) is 7.33. The molecule has 4 aromatic rings. The van der Waals surface area contributed by atoms with E-state index in [-0.39, 0.29) is 17.9 Å². The summed E-state index contributed by atoms with van der Waals surface area (Å²) in [5.41, 5.74) is 2.12. The van der Waals surface area contributed by atoms with Crippen LogP contribution in [0.5, 0.6) is 0 Å². The Morgan fingerprint density at radius 3 is 2.16 bits per heavy atom. The molecule has 5 rings (SSSR count). The van der Waals surface area contributed by atoms with Gasteiger partial charge in [-0.2, -0.15) is 5.10 Å². The van der Waals surface area contributed by atoms with Gasteiger partial charge in [0, 0.05) is 19.2 Å². The Hall–Kier alpha value is -4.07. The number of anilines is 1. The van der Waals surface area contributed by atoms with Crippen molar-refractivity contribution in [2.75, 3.05) is 18.0 Å². The van der Waals surface area contributed by atoms with Gasteiger partial charge in [0.15, 0.2) is 5.82 Å². The van der Waals surface area contributed by atoms with Crippen LogP contribution < -0.4 is 10.2 Å². The van der Waals surface area contributed by atoms with E-state index in [0.29, 0.717) is 18.9 Å². The number of carbonyl (C=O) groups excluding carboxylic acids is 1. The molecule has 2 aromatic carbocycles. The maximum Gasteiger partial charge on any atom is 0.227 e. The van der Waals surface area contributed by atoms with Crippen molar-refractivity contribution < 1.29 is 4.79 Å². The molecule has 0 bridgehead atoms. The Balaban J connectivity index is 1.27. The predicted molar refractivity (Wildman–Crippen MR) is 116 cm³/mol. The van der Waals surface area contributed by atoms with Gasteiger partial charge in [-0.15, -0.1) is 0 Å². The third-order valence-corrected chi connectivity index (χ3v) is 5.42. The summed E-state index contributed by atoms with van der Waals surface area (Å²) in [7, 11) is 0. The minimum absolute atomic E-state index is 0.0412. The molecule has 0 atom stereocenters. The second-order valence-electron chi connectivity index (χ2n) is 7.44. The SMILES string of the molecule is O=C(NC(c1ccccc1)c1ccccc1)C1CN(c2cc(-n3cncn3)ncn2)C1. The molecule has 8 nitrogen and oxygen atoms in total. The number of aromatic nitrogens is 5. The molecule has 1 amide bonds. The fourth-order valence-electron chi connectivity index (χ4n) is 3.70. The Bertz CT molecular complexity index is 1100. The number of rotatable bonds is 6. The molecule has 0 spiro atoms. The van der Waals surface area contributed by atoms with Crippen molar-refractivity contribution in [1.82, 2.24) is 30.0 Å². The van der Waals surface area contributed by atoms with Crippen molar-refractivity contribution in [2.45, 2.75) is 6.04 Å². The average Bonchev–Trinajstić information content (AvgIpc) is 3.33. The van der Waals surface area contributed by atoms with Crippen molar-refractivity contribution in [3.63, 3.8) is 0 Å². The number of carbonyl (C=O) groups is 1. The van der Waals surface area contributed by atoms with Gasteiger partial charge in [-0.3, -0.25) is 4.79 Å². The zero-order valence-corrected chi connectivity index (χ0v) is 16.7. The van der Waals surface area contributed by atoms with Crippen LogP contribution in [-0.4, -0.2) is 43.7 Å². The lowest BCUT2D eigenvalue weighted by atomic mass is 9.95. The van der Waals surface area contributed by atoms with Crippen molar-refractivity contribution in [3.05, 3.63) is 96.8 Å². The maximum absolute atomic E-state index is 13.0. The van der Waals surface area contributed by atoms with Crippen LogP contribution in [0.1, 0.15) is 17.2 Å². The number of nitrogens with zero attached hydrogens (tertiary/aromatic N) is 6. The summed E-state index contributed by atoms with van der Waals surface area (Å²) in [5.74, 6) is 1.36. The molecular weight excluding hydrogens is 390 g/mol. The van der Waals surface area contributed by atoms with Crippen molar-refractivity contribution >= 4 is 11.7 Å². The van der Waals surface area contributed by atoms with E-state index < -0.39 is 0 Å². The molecule has 154 valence electrons. The van der Waals surface area contributed by atoms with Gasteiger partial charge in [0.25, 0.3) is 0 Å². The van der Waals surface area contributed by atoms with E-state index in [1.54, 1.807) is 11.0 Å². The van der Waals surface area contributed by atoms with Gasteiger partial charge in [-0.25, -0.2) is 19.6 Å². The summed E-state index contributed by atoms with van der Waals surface area (Å²) < 4.78 is 1.58. The van der Waals surface area contributed by atoms with Crippen molar-refractivity contribution in [2.24, 2.45) is 5.92 Å². The average molecular weight is 411 g/mol. The smallest absolute Gasteiger partial charge is 0.227 e. The molecule has 1 N–H and O–H groups in total. The van der Waals surface area contributed by atoms with E-state index in [0.717, 1.165) is 16.9 Å². The molecule has 3 heterocycles. The first kappa shape index (κ1) is 18.9. The highest BCUT2D eigenvalue weighted by Gasteiger charge is 2.35. The number of benzene rings is 2. The summed E-state index contributed by atoms with van der Waals surface area (Å²) in [6.45, 7) is 1.21. The van der Waals surface area contributed by atoms with Crippen molar-refractivity contribution in [3.8, 4) is 5.82 Å². The minimum atomic E-state index is -0.179. The van der Waals surface area contributed by atoms with E-state index in [4.69, 9.17) is 0 Å². The molecule has 0 unspecified atom stereocenters. The lowest BCUT2D eigenvalue weighted by Crippen LogP contribution is -2.54. The summed E-state index contributed by atoms with van der Waals surface area (Å²) in [4.78, 5) is 27.6. The van der Waals surface area contributed by atoms with E-state index in [2.05, 4.69) is 30.3 Å². The lowest BCUT2D eigenvalue weighted by molar-refractivity contribution is -0.126. The predicted octanol–water partition coefficient (Wildman–Crippen LogP) is 2.40. The number of hydrogen-bond donors (Lipinski definition) is 1. The lowest BCUT2D eigenvalue weighted by Gasteiger charge is -2.39. The normalized spacial score (nSPS) is 13.8. The van der Waals surface area contributed by atoms with Gasteiger partial charge >= 0.3 is 0 Å². The first-order valence-electron chi connectivity index (χ1n) is 10.1. The molecule has 2 aromatic heterocycles. The third kappa shape index (κ3) is 4.00. The van der Waals surface area contributed by atoms with Crippen LogP contribution >= 0.6 is 0 Å². The van der Waals surface area contributed by atoms with Crippen LogP contribution in [0.2, 0.25) is 0 Å². The molecule has 31 heavy (non-hydrogen) atoms. The zero-order chi connectivity index (χ0) is 21.0. The highest BCUT2D eigenvalue weighted by Crippen LogP contribution is 2.26. The van der Waals surface area contributed by atoms with Crippen LogP contribution in [-0.2, 0) is 4.79 Å². The quantitative estimate of drug-likeness (QED) is 0.524. The molecule has 8 heteroatoms. The van der Waals surface area contributed by atoms with Gasteiger partial charge in [0.05, 0.1) is 12.0 Å². The first-order valence-corrected chi connectivity index (χ1v) is 10.1. The molecule has 0 aliphatic carbocycles. The van der Waals surface area contributed by atoms with Crippen LogP contribution in [0.25, 0.3) is 5.82 Å². The van der Waals surface area contributed by atoms with Crippen LogP contribution in [0.15, 0.2) is 85.7 Å². The molecular formula is C23H21N7O. The standard InChI is InChI=1S/C23H21N7O/c31-23(28-22(17-7-3-1-4-8-17)18-9-5-2-6-10-18)19-12-29(13-19)20-11-21(26-15-25-20)30-16-24-14-27-30/h1-11,14-16,19,22H,12-13H2,(H,28,31). The second-order valence-corrected chi connectivity index (χ2v) is 7.44. The van der Waals surface area contributed by atoms with E-state index in [9.17, 15) is 4.79 Å².